The largest absolute Gasteiger partial charge is 0.488 e. The normalized spacial score (nSPS) is 11.1. The molecule has 0 N–H and O–H groups in total. The van der Waals surface area contributed by atoms with Gasteiger partial charge >= 0.3 is 16.5 Å². The third kappa shape index (κ3) is 3.60. The van der Waals surface area contributed by atoms with Crippen LogP contribution in [0.1, 0.15) is 15.9 Å². The van der Waals surface area contributed by atoms with E-state index in [1.54, 1.807) is 6.92 Å². The molecule has 0 atom stereocenters. The Bertz CT molecular complexity index is 553. The average molecular weight is 280 g/mol. The zero-order valence-electron chi connectivity index (χ0n) is 8.93. The molecule has 0 unspecified atom stereocenters. The molecule has 0 fully saturated rings. The Hall–Kier alpha value is -1.28. The van der Waals surface area contributed by atoms with E-state index >= 15 is 0 Å². The van der Waals surface area contributed by atoms with Crippen molar-refractivity contribution in [2.24, 2.45) is 0 Å². The smallest absolute Gasteiger partial charge is 0.465 e. The Morgan fingerprint density at radius 1 is 1.41 bits per heavy atom. The topological polar surface area (TPSA) is 69.7 Å². The van der Waals surface area contributed by atoms with Crippen LogP contribution in [0.3, 0.4) is 0 Å². The van der Waals surface area contributed by atoms with E-state index in [1.165, 1.54) is 13.2 Å². The van der Waals surface area contributed by atoms with Crippen molar-refractivity contribution >= 4 is 29.1 Å². The van der Waals surface area contributed by atoms with Crippen molar-refractivity contribution in [2.75, 3.05) is 7.11 Å². The minimum absolute atomic E-state index is 0.0543. The fourth-order valence-corrected chi connectivity index (χ4v) is 1.73. The van der Waals surface area contributed by atoms with E-state index in [1.807, 2.05) is 0 Å². The molecule has 5 nitrogen and oxygen atoms in total. The van der Waals surface area contributed by atoms with Gasteiger partial charge in [-0.3, -0.25) is 0 Å². The molecule has 1 aromatic carbocycles. The third-order valence-corrected chi connectivity index (χ3v) is 2.81. The van der Waals surface area contributed by atoms with Gasteiger partial charge in [0.1, 0.15) is 5.75 Å². The maximum Gasteiger partial charge on any atom is 0.488 e. The first-order valence-corrected chi connectivity index (χ1v) is 6.06. The molecule has 0 saturated carbocycles. The summed E-state index contributed by atoms with van der Waals surface area (Å²) in [7, 11) is -3.98. The van der Waals surface area contributed by atoms with Gasteiger partial charge in [0.15, 0.2) is 0 Å². The van der Waals surface area contributed by atoms with Crippen LogP contribution in [0.4, 0.5) is 3.89 Å². The Morgan fingerprint density at radius 2 is 2.00 bits per heavy atom. The molecule has 0 spiro atoms. The Kier molecular flexibility index (Phi) is 3.99. The van der Waals surface area contributed by atoms with Crippen molar-refractivity contribution in [1.29, 1.82) is 0 Å². The van der Waals surface area contributed by atoms with Crippen LogP contribution in [0.2, 0.25) is 0 Å². The zero-order valence-corrected chi connectivity index (χ0v) is 10.6. The molecule has 8 heteroatoms. The number of hydrogen-bond acceptors (Lipinski definition) is 6. The zero-order chi connectivity index (χ0) is 13.2. The van der Waals surface area contributed by atoms with Crippen LogP contribution in [-0.2, 0) is 15.2 Å². The van der Waals surface area contributed by atoms with Gasteiger partial charge in [0, 0.05) is 4.90 Å². The number of carbonyl (C=O) groups is 1. The molecule has 1 aromatic rings. The lowest BCUT2D eigenvalue weighted by Crippen LogP contribution is -2.07. The van der Waals surface area contributed by atoms with E-state index in [4.69, 9.17) is 0 Å². The highest BCUT2D eigenvalue weighted by Crippen LogP contribution is 2.26. The molecule has 0 aromatic heterocycles. The van der Waals surface area contributed by atoms with Crippen LogP contribution < -0.4 is 4.18 Å². The summed E-state index contributed by atoms with van der Waals surface area (Å²) in [5.74, 6) is -1.04. The molecular formula is C9H9FO5S2. The van der Waals surface area contributed by atoms with Crippen LogP contribution in [0, 0.1) is 6.92 Å². The number of carbonyl (C=O) groups excluding carboxylic acids is 1. The lowest BCUT2D eigenvalue weighted by atomic mass is 10.1. The van der Waals surface area contributed by atoms with Crippen molar-refractivity contribution in [3.05, 3.63) is 23.3 Å². The van der Waals surface area contributed by atoms with Crippen molar-refractivity contribution < 1.29 is 26.0 Å². The van der Waals surface area contributed by atoms with Crippen LogP contribution in [0.25, 0.3) is 0 Å². The van der Waals surface area contributed by atoms with Gasteiger partial charge in [-0.25, -0.2) is 4.79 Å². The van der Waals surface area contributed by atoms with Gasteiger partial charge in [-0.1, -0.05) is 3.89 Å². The number of halogens is 1. The van der Waals surface area contributed by atoms with Gasteiger partial charge < -0.3 is 8.92 Å². The summed E-state index contributed by atoms with van der Waals surface area (Å²) in [5.41, 5.74) is 0.530. The molecule has 17 heavy (non-hydrogen) atoms. The van der Waals surface area contributed by atoms with Crippen LogP contribution in [0.15, 0.2) is 17.0 Å². The molecule has 0 amide bonds. The summed E-state index contributed by atoms with van der Waals surface area (Å²) in [4.78, 5) is 11.6. The quantitative estimate of drug-likeness (QED) is 0.518. The van der Waals surface area contributed by atoms with Gasteiger partial charge in [-0.2, -0.15) is 8.42 Å². The Labute approximate surface area is 103 Å². The fraction of sp³-hybridized carbons (Fsp3) is 0.222. The molecule has 0 aliphatic rings. The Balaban J connectivity index is 3.29. The first kappa shape index (κ1) is 13.8. The van der Waals surface area contributed by atoms with Crippen molar-refractivity contribution in [3.8, 4) is 5.75 Å². The van der Waals surface area contributed by atoms with Crippen LogP contribution in [-0.4, -0.2) is 21.5 Å². The maximum absolute atomic E-state index is 12.3. The lowest BCUT2D eigenvalue weighted by Gasteiger charge is -2.08. The van der Waals surface area contributed by atoms with Crippen LogP contribution >= 0.6 is 12.6 Å². The summed E-state index contributed by atoms with van der Waals surface area (Å²) >= 11 is 4.02. The molecule has 0 aliphatic carbocycles. The lowest BCUT2D eigenvalue weighted by molar-refractivity contribution is 0.0599. The molecular weight excluding hydrogens is 271 g/mol. The summed E-state index contributed by atoms with van der Waals surface area (Å²) in [6.07, 6.45) is 0. The maximum atomic E-state index is 12.3. The standard InChI is InChI=1S/C9H9FO5S2/c1-5-7(9(11)14-2)3-6(4-8(5)16)15-17(10,12)13/h3-4,16H,1-2H3. The predicted octanol–water partition coefficient (Wildman–Crippen LogP) is 1.66. The minimum atomic E-state index is -5.14. The predicted molar refractivity (Wildman–Crippen MR) is 60.4 cm³/mol. The van der Waals surface area contributed by atoms with E-state index in [9.17, 15) is 17.1 Å². The number of rotatable bonds is 3. The highest BCUT2D eigenvalue weighted by molar-refractivity contribution is 7.81. The fourth-order valence-electron chi connectivity index (χ4n) is 1.16. The van der Waals surface area contributed by atoms with E-state index in [0.29, 0.717) is 5.56 Å². The number of thiol groups is 1. The second-order valence-corrected chi connectivity index (χ2v) is 4.52. The second-order valence-electron chi connectivity index (χ2n) is 3.08. The van der Waals surface area contributed by atoms with E-state index < -0.39 is 16.5 Å². The minimum Gasteiger partial charge on any atom is -0.465 e. The molecule has 0 bridgehead atoms. The summed E-state index contributed by atoms with van der Waals surface area (Å²) in [6.45, 7) is 1.59. The molecule has 94 valence electrons. The van der Waals surface area contributed by atoms with Gasteiger partial charge in [0.25, 0.3) is 0 Å². The molecule has 0 saturated heterocycles. The molecule has 0 aliphatic heterocycles. The number of methoxy groups -OCH3 is 1. The highest BCUT2D eigenvalue weighted by atomic mass is 32.3. The van der Waals surface area contributed by atoms with E-state index in [2.05, 4.69) is 21.5 Å². The van der Waals surface area contributed by atoms with Crippen molar-refractivity contribution in [1.82, 2.24) is 0 Å². The Morgan fingerprint density at radius 3 is 2.47 bits per heavy atom. The number of esters is 1. The highest BCUT2D eigenvalue weighted by Gasteiger charge is 2.17. The number of benzene rings is 1. The van der Waals surface area contributed by atoms with Gasteiger partial charge in [-0.15, -0.1) is 12.6 Å². The van der Waals surface area contributed by atoms with Crippen LogP contribution in [0.5, 0.6) is 5.75 Å². The van der Waals surface area contributed by atoms with E-state index in [-0.39, 0.29) is 16.2 Å². The van der Waals surface area contributed by atoms with Crippen molar-refractivity contribution in [3.63, 3.8) is 0 Å². The summed E-state index contributed by atoms with van der Waals surface area (Å²) in [5, 5.41) is 0. The first-order valence-electron chi connectivity index (χ1n) is 4.30. The van der Waals surface area contributed by atoms with Gasteiger partial charge in [0.2, 0.25) is 0 Å². The summed E-state index contributed by atoms with van der Waals surface area (Å²) in [6, 6.07) is 2.25. The molecule has 0 heterocycles. The third-order valence-electron chi connectivity index (χ3n) is 1.95. The number of ether oxygens (including phenoxy) is 1. The van der Waals surface area contributed by atoms with Gasteiger partial charge in [0.05, 0.1) is 12.7 Å². The number of hydrogen-bond donors (Lipinski definition) is 1. The second kappa shape index (κ2) is 4.92. The monoisotopic (exact) mass is 280 g/mol. The van der Waals surface area contributed by atoms with Crippen molar-refractivity contribution in [2.45, 2.75) is 11.8 Å². The summed E-state index contributed by atoms with van der Waals surface area (Å²) < 4.78 is 41.5. The molecule has 0 radical (unpaired) electrons. The first-order chi connectivity index (χ1) is 7.74. The van der Waals surface area contributed by atoms with E-state index in [0.717, 1.165) is 6.07 Å². The average Bonchev–Trinajstić information content (AvgIpc) is 2.19. The van der Waals surface area contributed by atoms with Gasteiger partial charge in [-0.05, 0) is 24.6 Å². The SMILES string of the molecule is COC(=O)c1cc(OS(=O)(=O)F)cc(S)c1C. The molecule has 1 rings (SSSR count).